The predicted octanol–water partition coefficient (Wildman–Crippen LogP) is 4.31. The molecule has 3 aromatic carbocycles. The van der Waals surface area contributed by atoms with Gasteiger partial charge < -0.3 is 15.4 Å². The van der Waals surface area contributed by atoms with Crippen molar-refractivity contribution in [1.29, 1.82) is 0 Å². The first-order valence-electron chi connectivity index (χ1n) is 9.36. The maximum Gasteiger partial charge on any atom is 0.338 e. The van der Waals surface area contributed by atoms with Gasteiger partial charge >= 0.3 is 5.97 Å². The van der Waals surface area contributed by atoms with E-state index in [9.17, 15) is 9.59 Å². The fraction of sp³-hybridized carbons (Fsp3) is 0.217. The van der Waals surface area contributed by atoms with Crippen LogP contribution in [-0.4, -0.2) is 25.0 Å². The molecule has 0 saturated carbocycles. The van der Waals surface area contributed by atoms with Gasteiger partial charge in [0.2, 0.25) is 5.91 Å². The van der Waals surface area contributed by atoms with E-state index in [1.807, 2.05) is 25.1 Å². The van der Waals surface area contributed by atoms with Gasteiger partial charge in [0.1, 0.15) is 0 Å². The average molecular weight is 376 g/mol. The van der Waals surface area contributed by atoms with Crippen LogP contribution in [-0.2, 0) is 9.53 Å². The summed E-state index contributed by atoms with van der Waals surface area (Å²) in [6.07, 6.45) is 0. The zero-order valence-electron chi connectivity index (χ0n) is 16.1. The van der Waals surface area contributed by atoms with Crippen molar-refractivity contribution in [2.45, 2.75) is 19.9 Å². The lowest BCUT2D eigenvalue weighted by Crippen LogP contribution is -2.30. The summed E-state index contributed by atoms with van der Waals surface area (Å²) in [4.78, 5) is 23.9. The maximum absolute atomic E-state index is 12.3. The molecule has 0 radical (unpaired) electrons. The number of carbonyl (C=O) groups is 2. The van der Waals surface area contributed by atoms with E-state index in [1.54, 1.807) is 31.2 Å². The minimum Gasteiger partial charge on any atom is -0.462 e. The van der Waals surface area contributed by atoms with Gasteiger partial charge in [-0.25, -0.2) is 4.79 Å². The van der Waals surface area contributed by atoms with E-state index in [4.69, 9.17) is 4.74 Å². The van der Waals surface area contributed by atoms with Crippen LogP contribution >= 0.6 is 0 Å². The summed E-state index contributed by atoms with van der Waals surface area (Å²) in [5.74, 6) is -0.512. The van der Waals surface area contributed by atoms with Gasteiger partial charge in [-0.15, -0.1) is 0 Å². The molecule has 2 N–H and O–H groups in total. The standard InChI is InChI=1S/C23H24N2O3/c1-3-28-23(27)18-11-13-19(14-12-18)25-22(26)15-24-16(2)20-10-6-8-17-7-4-5-9-21(17)20/h4-14,16,24H,3,15H2,1-2H3,(H,25,26)/t16-/m1/s1. The fourth-order valence-corrected chi connectivity index (χ4v) is 3.09. The summed E-state index contributed by atoms with van der Waals surface area (Å²) in [5.41, 5.74) is 2.25. The lowest BCUT2D eigenvalue weighted by molar-refractivity contribution is -0.115. The molecule has 3 aromatic rings. The second-order valence-electron chi connectivity index (χ2n) is 6.52. The highest BCUT2D eigenvalue weighted by molar-refractivity contribution is 5.94. The summed E-state index contributed by atoms with van der Waals surface area (Å²) >= 11 is 0. The minimum atomic E-state index is -0.369. The van der Waals surface area contributed by atoms with Crippen LogP contribution in [0.25, 0.3) is 10.8 Å². The number of benzene rings is 3. The summed E-state index contributed by atoms with van der Waals surface area (Å²) in [7, 11) is 0. The molecule has 1 atom stereocenters. The monoisotopic (exact) mass is 376 g/mol. The molecule has 0 aliphatic carbocycles. The number of fused-ring (bicyclic) bond motifs is 1. The zero-order chi connectivity index (χ0) is 19.9. The van der Waals surface area contributed by atoms with Crippen molar-refractivity contribution in [3.05, 3.63) is 77.9 Å². The van der Waals surface area contributed by atoms with Crippen LogP contribution < -0.4 is 10.6 Å². The van der Waals surface area contributed by atoms with Crippen LogP contribution in [0.15, 0.2) is 66.7 Å². The smallest absolute Gasteiger partial charge is 0.338 e. The zero-order valence-corrected chi connectivity index (χ0v) is 16.1. The summed E-state index contributed by atoms with van der Waals surface area (Å²) < 4.78 is 4.95. The predicted molar refractivity (Wildman–Crippen MR) is 111 cm³/mol. The molecule has 0 bridgehead atoms. The second kappa shape index (κ2) is 9.15. The summed E-state index contributed by atoms with van der Waals surface area (Å²) in [6, 6.07) is 21.1. The molecule has 0 heterocycles. The Morgan fingerprint density at radius 2 is 1.68 bits per heavy atom. The molecule has 3 rings (SSSR count). The first kappa shape index (κ1) is 19.6. The lowest BCUT2D eigenvalue weighted by atomic mass is 10.00. The van der Waals surface area contributed by atoms with Gasteiger partial charge in [0.05, 0.1) is 18.7 Å². The Bertz CT molecular complexity index is 962. The number of rotatable bonds is 7. The van der Waals surface area contributed by atoms with Gasteiger partial charge in [-0.1, -0.05) is 42.5 Å². The molecule has 0 unspecified atom stereocenters. The van der Waals surface area contributed by atoms with E-state index in [2.05, 4.69) is 34.9 Å². The maximum atomic E-state index is 12.3. The largest absolute Gasteiger partial charge is 0.462 e. The van der Waals surface area contributed by atoms with Crippen molar-refractivity contribution in [2.75, 3.05) is 18.5 Å². The second-order valence-corrected chi connectivity index (χ2v) is 6.52. The van der Waals surface area contributed by atoms with Crippen LogP contribution in [0.3, 0.4) is 0 Å². The molecule has 1 amide bonds. The highest BCUT2D eigenvalue weighted by Crippen LogP contribution is 2.23. The highest BCUT2D eigenvalue weighted by Gasteiger charge is 2.11. The van der Waals surface area contributed by atoms with Crippen LogP contribution in [0.1, 0.15) is 35.8 Å². The van der Waals surface area contributed by atoms with Crippen molar-refractivity contribution < 1.29 is 14.3 Å². The van der Waals surface area contributed by atoms with Crippen molar-refractivity contribution in [3.8, 4) is 0 Å². The van der Waals surface area contributed by atoms with Crippen LogP contribution in [0.5, 0.6) is 0 Å². The van der Waals surface area contributed by atoms with Gasteiger partial charge in [0.15, 0.2) is 0 Å². The van der Waals surface area contributed by atoms with Gasteiger partial charge in [0.25, 0.3) is 0 Å². The number of hydrogen-bond acceptors (Lipinski definition) is 4. The third-order valence-corrected chi connectivity index (χ3v) is 4.54. The van der Waals surface area contributed by atoms with Crippen molar-refractivity contribution >= 4 is 28.3 Å². The Hall–Kier alpha value is -3.18. The number of ether oxygens (including phenoxy) is 1. The van der Waals surface area contributed by atoms with Crippen molar-refractivity contribution in [1.82, 2.24) is 5.32 Å². The Labute approximate surface area is 164 Å². The van der Waals surface area contributed by atoms with Crippen molar-refractivity contribution in [2.24, 2.45) is 0 Å². The summed E-state index contributed by atoms with van der Waals surface area (Å²) in [6.45, 7) is 4.32. The number of carbonyl (C=O) groups excluding carboxylic acids is 2. The molecule has 5 heteroatoms. The third-order valence-electron chi connectivity index (χ3n) is 4.54. The number of nitrogens with one attached hydrogen (secondary N) is 2. The molecular formula is C23H24N2O3. The normalized spacial score (nSPS) is 11.8. The van der Waals surface area contributed by atoms with Crippen LogP contribution in [0.4, 0.5) is 5.69 Å². The van der Waals surface area contributed by atoms with Gasteiger partial charge in [-0.2, -0.15) is 0 Å². The SMILES string of the molecule is CCOC(=O)c1ccc(NC(=O)CN[C@H](C)c2cccc3ccccc23)cc1. The minimum absolute atomic E-state index is 0.0306. The first-order valence-corrected chi connectivity index (χ1v) is 9.36. The van der Waals surface area contributed by atoms with Gasteiger partial charge in [-0.3, -0.25) is 4.79 Å². The summed E-state index contributed by atoms with van der Waals surface area (Å²) in [5, 5.41) is 8.46. The van der Waals surface area contributed by atoms with Crippen molar-refractivity contribution in [3.63, 3.8) is 0 Å². The van der Waals surface area contributed by atoms with Gasteiger partial charge in [-0.05, 0) is 54.4 Å². The molecule has 0 saturated heterocycles. The quantitative estimate of drug-likeness (QED) is 0.603. The highest BCUT2D eigenvalue weighted by atomic mass is 16.5. The number of amides is 1. The number of esters is 1. The fourth-order valence-electron chi connectivity index (χ4n) is 3.09. The van der Waals surface area contributed by atoms with E-state index in [0.29, 0.717) is 17.9 Å². The molecule has 5 nitrogen and oxygen atoms in total. The Balaban J connectivity index is 1.57. The van der Waals surface area contributed by atoms with E-state index in [0.717, 1.165) is 5.56 Å². The van der Waals surface area contributed by atoms with E-state index < -0.39 is 0 Å². The van der Waals surface area contributed by atoms with E-state index in [1.165, 1.54) is 10.8 Å². The van der Waals surface area contributed by atoms with Crippen LogP contribution in [0, 0.1) is 0 Å². The molecule has 144 valence electrons. The van der Waals surface area contributed by atoms with Gasteiger partial charge in [0, 0.05) is 11.7 Å². The lowest BCUT2D eigenvalue weighted by Gasteiger charge is -2.16. The Morgan fingerprint density at radius 1 is 0.964 bits per heavy atom. The topological polar surface area (TPSA) is 67.4 Å². The van der Waals surface area contributed by atoms with E-state index >= 15 is 0 Å². The first-order chi connectivity index (χ1) is 13.6. The van der Waals surface area contributed by atoms with E-state index in [-0.39, 0.29) is 24.5 Å². The Kier molecular flexibility index (Phi) is 6.40. The molecule has 0 aliphatic heterocycles. The average Bonchev–Trinajstić information content (AvgIpc) is 2.72. The number of hydrogen-bond donors (Lipinski definition) is 2. The molecule has 28 heavy (non-hydrogen) atoms. The molecule has 0 aromatic heterocycles. The molecular weight excluding hydrogens is 352 g/mol. The Morgan fingerprint density at radius 3 is 2.43 bits per heavy atom. The molecule has 0 fully saturated rings. The third kappa shape index (κ3) is 4.75. The van der Waals surface area contributed by atoms with Crippen LogP contribution in [0.2, 0.25) is 0 Å². The molecule has 0 aliphatic rings. The number of anilines is 1. The molecule has 0 spiro atoms.